The highest BCUT2D eigenvalue weighted by molar-refractivity contribution is 7.90. The van der Waals surface area contributed by atoms with Crippen molar-refractivity contribution in [3.05, 3.63) is 96.2 Å². The zero-order valence-corrected chi connectivity index (χ0v) is 16.5. The van der Waals surface area contributed by atoms with Crippen LogP contribution in [0.4, 0.5) is 0 Å². The number of nitrogens with one attached hydrogen (secondary N) is 1. The van der Waals surface area contributed by atoms with Crippen LogP contribution in [0.3, 0.4) is 0 Å². The number of ether oxygens (including phenoxy) is 1. The molecule has 0 saturated carbocycles. The molecule has 0 saturated heterocycles. The summed E-state index contributed by atoms with van der Waals surface area (Å²) in [6.07, 6.45) is 1.98. The summed E-state index contributed by atoms with van der Waals surface area (Å²) in [5.74, 6) is 0.236. The maximum absolute atomic E-state index is 13.4. The third kappa shape index (κ3) is 3.93. The molecule has 0 spiro atoms. The van der Waals surface area contributed by atoms with Crippen molar-refractivity contribution in [2.24, 2.45) is 0 Å². The Bertz CT molecular complexity index is 1260. The third-order valence-corrected chi connectivity index (χ3v) is 5.83. The number of hydrogen-bond donors (Lipinski definition) is 1. The van der Waals surface area contributed by atoms with E-state index in [0.29, 0.717) is 11.3 Å². The molecule has 0 fully saturated rings. The zero-order chi connectivity index (χ0) is 20.4. The summed E-state index contributed by atoms with van der Waals surface area (Å²) in [6, 6.07) is 22.9. The number of ketones is 1. The fourth-order valence-corrected chi connectivity index (χ4v) is 3.85. The van der Waals surface area contributed by atoms with Crippen LogP contribution < -0.4 is 4.74 Å². The lowest BCUT2D eigenvalue weighted by molar-refractivity contribution is 0.0794. The van der Waals surface area contributed by atoms with Gasteiger partial charge in [-0.3, -0.25) is 4.79 Å². The number of H-pyrrole nitrogens is 1. The van der Waals surface area contributed by atoms with Crippen LogP contribution >= 0.6 is 0 Å². The predicted molar refractivity (Wildman–Crippen MR) is 112 cm³/mol. The molecule has 146 valence electrons. The minimum Gasteiger partial charge on any atom is -0.478 e. The van der Waals surface area contributed by atoms with E-state index in [2.05, 4.69) is 4.98 Å². The maximum Gasteiger partial charge on any atom is 0.210 e. The van der Waals surface area contributed by atoms with Gasteiger partial charge in [-0.05, 0) is 30.3 Å². The molecule has 6 heteroatoms. The van der Waals surface area contributed by atoms with E-state index in [-0.39, 0.29) is 10.7 Å². The topological polar surface area (TPSA) is 76.2 Å². The molecule has 0 aliphatic heterocycles. The number of aromatic amines is 1. The first-order valence-corrected chi connectivity index (χ1v) is 10.9. The fraction of sp³-hybridized carbons (Fsp3) is 0.0870. The summed E-state index contributed by atoms with van der Waals surface area (Å²) >= 11 is 0. The van der Waals surface area contributed by atoms with Gasteiger partial charge >= 0.3 is 0 Å². The van der Waals surface area contributed by atoms with E-state index in [1.54, 1.807) is 18.3 Å². The number of sulfone groups is 1. The number of fused-ring (bicyclic) bond motifs is 1. The van der Waals surface area contributed by atoms with Crippen molar-refractivity contribution in [2.75, 3.05) is 6.26 Å². The van der Waals surface area contributed by atoms with E-state index in [1.807, 2.05) is 54.6 Å². The Kier molecular flexibility index (Phi) is 4.94. The minimum atomic E-state index is -3.30. The molecule has 0 amide bonds. The molecule has 1 atom stereocenters. The van der Waals surface area contributed by atoms with Crippen molar-refractivity contribution in [3.8, 4) is 5.75 Å². The highest BCUT2D eigenvalue weighted by Crippen LogP contribution is 2.29. The maximum atomic E-state index is 13.4. The van der Waals surface area contributed by atoms with Crippen molar-refractivity contribution >= 4 is 26.5 Å². The summed E-state index contributed by atoms with van der Waals surface area (Å²) in [5.41, 5.74) is 2.14. The first kappa shape index (κ1) is 19.0. The lowest BCUT2D eigenvalue weighted by Gasteiger charge is -2.18. The number of para-hydroxylation sites is 1. The molecule has 1 aromatic heterocycles. The quantitative estimate of drug-likeness (QED) is 0.477. The Balaban J connectivity index is 1.72. The summed E-state index contributed by atoms with van der Waals surface area (Å²) in [6.45, 7) is 0. The lowest BCUT2D eigenvalue weighted by atomic mass is 9.99. The lowest BCUT2D eigenvalue weighted by Crippen LogP contribution is -2.19. The summed E-state index contributed by atoms with van der Waals surface area (Å²) in [7, 11) is -3.30. The van der Waals surface area contributed by atoms with Crippen LogP contribution in [-0.2, 0) is 9.84 Å². The third-order valence-electron chi connectivity index (χ3n) is 4.70. The monoisotopic (exact) mass is 405 g/mol. The van der Waals surface area contributed by atoms with Crippen molar-refractivity contribution < 1.29 is 17.9 Å². The van der Waals surface area contributed by atoms with Crippen molar-refractivity contribution in [1.82, 2.24) is 4.98 Å². The molecule has 3 aromatic carbocycles. The van der Waals surface area contributed by atoms with Gasteiger partial charge in [0.15, 0.2) is 15.9 Å². The first-order valence-electron chi connectivity index (χ1n) is 9.05. The average Bonchev–Trinajstić information content (AvgIpc) is 3.16. The Morgan fingerprint density at radius 3 is 2.24 bits per heavy atom. The van der Waals surface area contributed by atoms with Crippen LogP contribution in [0.15, 0.2) is 90.0 Å². The molecule has 4 aromatic rings. The van der Waals surface area contributed by atoms with Crippen LogP contribution in [-0.4, -0.2) is 25.4 Å². The molecular formula is C23H19NO4S. The minimum absolute atomic E-state index is 0.180. The molecule has 0 unspecified atom stereocenters. The smallest absolute Gasteiger partial charge is 0.210 e. The number of Topliss-reactive ketones (excluding diaryl/α,β-unsaturated/α-hetero) is 1. The molecule has 5 nitrogen and oxygen atoms in total. The molecule has 4 rings (SSSR count). The van der Waals surface area contributed by atoms with Gasteiger partial charge in [0.25, 0.3) is 0 Å². The largest absolute Gasteiger partial charge is 0.478 e. The fourth-order valence-electron chi connectivity index (χ4n) is 3.22. The van der Waals surface area contributed by atoms with Crippen LogP contribution in [0.2, 0.25) is 0 Å². The first-order chi connectivity index (χ1) is 13.9. The molecule has 0 aliphatic carbocycles. The molecule has 0 aliphatic rings. The molecular weight excluding hydrogens is 386 g/mol. The standard InChI is InChI=1S/C23H19NO4S/c1-29(26,27)18-13-11-17(12-14-18)28-23(16-7-3-2-4-8-16)22(25)20-15-24-21-10-6-5-9-19(20)21/h2-15,23-24H,1H3/t23-/m0/s1. The Hall–Kier alpha value is -3.38. The van der Waals surface area contributed by atoms with Crippen LogP contribution in [0.5, 0.6) is 5.75 Å². The van der Waals surface area contributed by atoms with Gasteiger partial charge in [0.05, 0.1) is 4.90 Å². The van der Waals surface area contributed by atoms with Gasteiger partial charge in [-0.2, -0.15) is 0 Å². The second-order valence-electron chi connectivity index (χ2n) is 6.76. The van der Waals surface area contributed by atoms with Crippen molar-refractivity contribution in [3.63, 3.8) is 0 Å². The summed E-state index contributed by atoms with van der Waals surface area (Å²) in [4.78, 5) is 16.7. The van der Waals surface area contributed by atoms with Gasteiger partial charge in [-0.25, -0.2) is 8.42 Å². The van der Waals surface area contributed by atoms with Crippen LogP contribution in [0.25, 0.3) is 10.9 Å². The van der Waals surface area contributed by atoms with E-state index >= 15 is 0 Å². The Labute approximate surface area is 168 Å². The van der Waals surface area contributed by atoms with E-state index < -0.39 is 15.9 Å². The van der Waals surface area contributed by atoms with Crippen molar-refractivity contribution in [1.29, 1.82) is 0 Å². The second-order valence-corrected chi connectivity index (χ2v) is 8.78. The van der Waals surface area contributed by atoms with Gasteiger partial charge in [0.1, 0.15) is 5.75 Å². The molecule has 0 bridgehead atoms. The van der Waals surface area contributed by atoms with Crippen LogP contribution in [0.1, 0.15) is 22.0 Å². The van der Waals surface area contributed by atoms with E-state index in [0.717, 1.165) is 22.7 Å². The molecule has 1 N–H and O–H groups in total. The van der Waals surface area contributed by atoms with Gasteiger partial charge in [0.2, 0.25) is 5.78 Å². The van der Waals surface area contributed by atoms with Gasteiger partial charge in [-0.15, -0.1) is 0 Å². The highest BCUT2D eigenvalue weighted by atomic mass is 32.2. The zero-order valence-electron chi connectivity index (χ0n) is 15.7. The Morgan fingerprint density at radius 2 is 1.55 bits per heavy atom. The van der Waals surface area contributed by atoms with E-state index in [9.17, 15) is 13.2 Å². The van der Waals surface area contributed by atoms with Gasteiger partial charge in [-0.1, -0.05) is 48.5 Å². The number of carbonyl (C=O) groups excluding carboxylic acids is 1. The van der Waals surface area contributed by atoms with Crippen LogP contribution in [0, 0.1) is 0 Å². The number of rotatable bonds is 6. The van der Waals surface area contributed by atoms with E-state index in [1.165, 1.54) is 12.1 Å². The number of benzene rings is 3. The molecule has 0 radical (unpaired) electrons. The Morgan fingerprint density at radius 1 is 0.897 bits per heavy atom. The van der Waals surface area contributed by atoms with Crippen molar-refractivity contribution in [2.45, 2.75) is 11.0 Å². The van der Waals surface area contributed by atoms with Gasteiger partial charge < -0.3 is 9.72 Å². The number of carbonyl (C=O) groups is 1. The number of aromatic nitrogens is 1. The molecule has 1 heterocycles. The average molecular weight is 405 g/mol. The predicted octanol–water partition coefficient (Wildman–Crippen LogP) is 4.57. The summed E-state index contributed by atoms with van der Waals surface area (Å²) in [5, 5.41) is 0.828. The molecule has 29 heavy (non-hydrogen) atoms. The normalized spacial score (nSPS) is 12.6. The second kappa shape index (κ2) is 7.56. The van der Waals surface area contributed by atoms with E-state index in [4.69, 9.17) is 4.74 Å². The SMILES string of the molecule is CS(=O)(=O)c1ccc(O[C@H](C(=O)c2c[nH]c3ccccc23)c2ccccc2)cc1. The summed E-state index contributed by atoms with van der Waals surface area (Å²) < 4.78 is 29.4. The highest BCUT2D eigenvalue weighted by Gasteiger charge is 2.26. The van der Waals surface area contributed by atoms with Gasteiger partial charge in [0, 0.05) is 34.5 Å². The number of hydrogen-bond acceptors (Lipinski definition) is 4.